The van der Waals surface area contributed by atoms with Crippen molar-refractivity contribution in [3.63, 3.8) is 0 Å². The number of aliphatic hydroxyl groups is 2. The molecule has 0 atom stereocenters. The Kier molecular flexibility index (Phi) is 5.86. The Bertz CT molecular complexity index is 300. The van der Waals surface area contributed by atoms with Crippen molar-refractivity contribution in [2.24, 2.45) is 5.92 Å². The van der Waals surface area contributed by atoms with Crippen LogP contribution in [0.3, 0.4) is 0 Å². The SMILES string of the molecule is OCC(CO)CC(F)(F)C(F)(F)C(F)(F)C(F)(F)I. The largest absolute Gasteiger partial charge is 0.396 e. The van der Waals surface area contributed by atoms with E-state index in [2.05, 4.69) is 0 Å². The summed E-state index contributed by atoms with van der Waals surface area (Å²) < 4.78 is 96.9. The van der Waals surface area contributed by atoms with Crippen LogP contribution < -0.4 is 0 Å². The van der Waals surface area contributed by atoms with E-state index in [1.807, 2.05) is 0 Å². The lowest BCUT2D eigenvalue weighted by atomic mass is 9.94. The van der Waals surface area contributed by atoms with Crippen LogP contribution in [0.2, 0.25) is 0 Å². The van der Waals surface area contributed by atoms with E-state index < -0.39 is 47.2 Å². The van der Waals surface area contributed by atoms with Gasteiger partial charge in [-0.1, -0.05) is 0 Å². The molecule has 0 aromatic carbocycles. The molecule has 0 aliphatic heterocycles. The van der Waals surface area contributed by atoms with Crippen molar-refractivity contribution >= 4 is 22.6 Å². The highest BCUT2D eigenvalue weighted by Gasteiger charge is 2.79. The summed E-state index contributed by atoms with van der Waals surface area (Å²) in [5.41, 5.74) is 0. The van der Waals surface area contributed by atoms with Crippen LogP contribution in [0, 0.1) is 5.92 Å². The van der Waals surface area contributed by atoms with E-state index in [-0.39, 0.29) is 22.6 Å². The van der Waals surface area contributed by atoms with Gasteiger partial charge in [-0.05, 0) is 0 Å². The van der Waals surface area contributed by atoms with E-state index in [0.717, 1.165) is 0 Å². The minimum Gasteiger partial charge on any atom is -0.396 e. The van der Waals surface area contributed by atoms with Gasteiger partial charge >= 0.3 is 21.7 Å². The van der Waals surface area contributed by atoms with Crippen molar-refractivity contribution in [2.75, 3.05) is 13.2 Å². The van der Waals surface area contributed by atoms with Gasteiger partial charge in [0.2, 0.25) is 0 Å². The number of aliphatic hydroxyl groups excluding tert-OH is 2. The number of rotatable bonds is 7. The monoisotopic (exact) mass is 416 g/mol. The number of hydrogen-bond donors (Lipinski definition) is 2. The second-order valence-corrected chi connectivity index (χ2v) is 5.14. The van der Waals surface area contributed by atoms with Gasteiger partial charge in [0.1, 0.15) is 0 Å². The Morgan fingerprint density at radius 1 is 0.789 bits per heavy atom. The van der Waals surface area contributed by atoms with Crippen LogP contribution in [0.25, 0.3) is 0 Å². The van der Waals surface area contributed by atoms with Crippen molar-refractivity contribution < 1.29 is 45.3 Å². The average Bonchev–Trinajstić information content (AvgIpc) is 2.23. The zero-order valence-electron chi connectivity index (χ0n) is 8.99. The predicted octanol–water partition coefficient (Wildman–Crippen LogP) is 2.91. The molecule has 0 spiro atoms. The second kappa shape index (κ2) is 5.84. The second-order valence-electron chi connectivity index (χ2n) is 3.79. The van der Waals surface area contributed by atoms with Crippen molar-refractivity contribution in [3.8, 4) is 0 Å². The van der Waals surface area contributed by atoms with Crippen LogP contribution in [0.4, 0.5) is 35.1 Å². The fraction of sp³-hybridized carbons (Fsp3) is 1.00. The van der Waals surface area contributed by atoms with Crippen LogP contribution in [-0.2, 0) is 0 Å². The molecule has 116 valence electrons. The summed E-state index contributed by atoms with van der Waals surface area (Å²) in [6.45, 7) is -2.37. The zero-order chi connectivity index (χ0) is 15.7. The highest BCUT2D eigenvalue weighted by Crippen LogP contribution is 2.56. The van der Waals surface area contributed by atoms with Crippen LogP contribution in [-0.4, -0.2) is 45.1 Å². The van der Waals surface area contributed by atoms with Crippen molar-refractivity contribution in [3.05, 3.63) is 0 Å². The van der Waals surface area contributed by atoms with E-state index in [0.29, 0.717) is 0 Å². The maximum Gasteiger partial charge on any atom is 0.387 e. The summed E-state index contributed by atoms with van der Waals surface area (Å²) in [6.07, 6.45) is -2.06. The highest BCUT2D eigenvalue weighted by atomic mass is 127. The Balaban J connectivity index is 5.38. The molecule has 11 heteroatoms. The van der Waals surface area contributed by atoms with Gasteiger partial charge in [0.25, 0.3) is 0 Å². The molecule has 2 N–H and O–H groups in total. The summed E-state index contributed by atoms with van der Waals surface area (Å²) in [5, 5.41) is 16.9. The van der Waals surface area contributed by atoms with Gasteiger partial charge in [0, 0.05) is 48.1 Å². The minimum atomic E-state index is -6.34. The van der Waals surface area contributed by atoms with Crippen LogP contribution in [0.1, 0.15) is 6.42 Å². The van der Waals surface area contributed by atoms with Gasteiger partial charge in [-0.15, -0.1) is 0 Å². The lowest BCUT2D eigenvalue weighted by Gasteiger charge is -2.35. The van der Waals surface area contributed by atoms with Crippen LogP contribution in [0.5, 0.6) is 0 Å². The fourth-order valence-electron chi connectivity index (χ4n) is 1.09. The maximum absolute atomic E-state index is 13.1. The predicted molar refractivity (Wildman–Crippen MR) is 56.1 cm³/mol. The molecule has 0 unspecified atom stereocenters. The molecular formula is C8H9F8IO2. The van der Waals surface area contributed by atoms with Gasteiger partial charge in [-0.3, -0.25) is 0 Å². The molecule has 0 aromatic rings. The van der Waals surface area contributed by atoms with E-state index in [9.17, 15) is 35.1 Å². The van der Waals surface area contributed by atoms with Gasteiger partial charge in [-0.2, -0.15) is 35.1 Å². The molecule has 0 rings (SSSR count). The first-order valence-electron chi connectivity index (χ1n) is 4.66. The molecule has 0 fully saturated rings. The van der Waals surface area contributed by atoms with E-state index in [1.165, 1.54) is 0 Å². The third kappa shape index (κ3) is 3.60. The Morgan fingerprint density at radius 2 is 1.16 bits per heavy atom. The summed E-state index contributed by atoms with van der Waals surface area (Å²) in [7, 11) is 0. The minimum absolute atomic E-state index is 0.359. The molecule has 0 aromatic heterocycles. The highest BCUT2D eigenvalue weighted by molar-refractivity contribution is 14.1. The smallest absolute Gasteiger partial charge is 0.387 e. The lowest BCUT2D eigenvalue weighted by Crippen LogP contribution is -2.60. The summed E-state index contributed by atoms with van der Waals surface area (Å²) in [6, 6.07) is 0. The average molecular weight is 416 g/mol. The molecule has 0 aliphatic carbocycles. The first-order valence-corrected chi connectivity index (χ1v) is 5.74. The number of alkyl halides is 9. The van der Waals surface area contributed by atoms with E-state index >= 15 is 0 Å². The summed E-state index contributed by atoms with van der Waals surface area (Å²) in [4.78, 5) is 0. The van der Waals surface area contributed by atoms with Crippen LogP contribution in [0.15, 0.2) is 0 Å². The Hall–Kier alpha value is 0.0900. The standard InChI is InChI=1S/C8H9F8IO2/c9-5(10,1-4(2-18)3-19)6(11,12)7(13,14)8(15,16)17/h4,18-19H,1-3H2. The van der Waals surface area contributed by atoms with E-state index in [1.54, 1.807) is 0 Å². The maximum atomic E-state index is 13.1. The van der Waals surface area contributed by atoms with Gasteiger partial charge in [0.15, 0.2) is 0 Å². The van der Waals surface area contributed by atoms with Crippen molar-refractivity contribution in [1.29, 1.82) is 0 Å². The Morgan fingerprint density at radius 3 is 1.42 bits per heavy atom. The molecule has 0 heterocycles. The van der Waals surface area contributed by atoms with Gasteiger partial charge in [0.05, 0.1) is 0 Å². The third-order valence-electron chi connectivity index (χ3n) is 2.27. The van der Waals surface area contributed by atoms with E-state index in [4.69, 9.17) is 10.2 Å². The number of halogens is 9. The molecule has 19 heavy (non-hydrogen) atoms. The first kappa shape index (κ1) is 19.1. The fourth-order valence-corrected chi connectivity index (χ4v) is 1.42. The van der Waals surface area contributed by atoms with Crippen molar-refractivity contribution in [1.82, 2.24) is 0 Å². The molecule has 0 saturated carbocycles. The van der Waals surface area contributed by atoms with Gasteiger partial charge < -0.3 is 10.2 Å². The molecular weight excluding hydrogens is 407 g/mol. The Labute approximate surface area is 115 Å². The van der Waals surface area contributed by atoms with Crippen LogP contribution >= 0.6 is 22.6 Å². The summed E-state index contributed by atoms with van der Waals surface area (Å²) >= 11 is -0.359. The molecule has 0 radical (unpaired) electrons. The topological polar surface area (TPSA) is 40.5 Å². The zero-order valence-corrected chi connectivity index (χ0v) is 11.2. The molecule has 0 amide bonds. The molecule has 0 bridgehead atoms. The van der Waals surface area contributed by atoms with Crippen molar-refractivity contribution in [2.45, 2.75) is 28.1 Å². The quantitative estimate of drug-likeness (QED) is 0.381. The third-order valence-corrected chi connectivity index (χ3v) is 2.95. The molecule has 0 aliphatic rings. The first-order chi connectivity index (χ1) is 8.24. The lowest BCUT2D eigenvalue weighted by molar-refractivity contribution is -0.345. The number of hydrogen-bond acceptors (Lipinski definition) is 2. The van der Waals surface area contributed by atoms with Gasteiger partial charge in [-0.25, -0.2) is 0 Å². The molecule has 0 saturated heterocycles. The molecule has 2 nitrogen and oxygen atoms in total. The normalized spacial score (nSPS) is 15.2. The summed E-state index contributed by atoms with van der Waals surface area (Å²) in [5.74, 6) is -20.0.